The van der Waals surface area contributed by atoms with Crippen LogP contribution in [0.4, 0.5) is 13.2 Å². The third-order valence-corrected chi connectivity index (χ3v) is 2.42. The Kier molecular flexibility index (Phi) is 3.82. The summed E-state index contributed by atoms with van der Waals surface area (Å²) in [6, 6.07) is 6.71. The van der Waals surface area contributed by atoms with Crippen LogP contribution in [0.1, 0.15) is 5.69 Å². The van der Waals surface area contributed by atoms with Gasteiger partial charge < -0.3 is 4.74 Å². The van der Waals surface area contributed by atoms with Crippen LogP contribution in [-0.2, 0) is 6.18 Å². The number of aromatic nitrogens is 2. The van der Waals surface area contributed by atoms with E-state index in [1.165, 1.54) is 24.3 Å². The lowest BCUT2D eigenvalue weighted by Crippen LogP contribution is -2.09. The van der Waals surface area contributed by atoms with Gasteiger partial charge in [-0.1, -0.05) is 11.6 Å². The molecule has 1 heterocycles. The van der Waals surface area contributed by atoms with Crippen molar-refractivity contribution in [2.45, 2.75) is 6.18 Å². The van der Waals surface area contributed by atoms with Crippen LogP contribution in [0, 0.1) is 0 Å². The molecule has 1 aromatic carbocycles. The van der Waals surface area contributed by atoms with E-state index in [0.29, 0.717) is 11.1 Å². The Morgan fingerprint density at radius 2 is 1.63 bits per heavy atom. The van der Waals surface area contributed by atoms with Crippen LogP contribution in [-0.4, -0.2) is 9.97 Å². The Bertz CT molecular complexity index is 587. The molecule has 0 aliphatic rings. The molecule has 0 aliphatic carbocycles. The van der Waals surface area contributed by atoms with Crippen molar-refractivity contribution in [3.05, 3.63) is 46.3 Å². The lowest BCUT2D eigenvalue weighted by molar-refractivity contribution is -0.141. The minimum absolute atomic E-state index is 0.285. The highest BCUT2D eigenvalue weighted by molar-refractivity contribution is 6.30. The smallest absolute Gasteiger partial charge is 0.433 e. The van der Waals surface area contributed by atoms with Gasteiger partial charge in [0.1, 0.15) is 5.75 Å². The van der Waals surface area contributed by atoms with Gasteiger partial charge in [0.05, 0.1) is 0 Å². The second-order valence-corrected chi connectivity index (χ2v) is 4.19. The maximum Gasteiger partial charge on any atom is 0.433 e. The average molecular weight is 309 g/mol. The molecular weight excluding hydrogens is 304 g/mol. The summed E-state index contributed by atoms with van der Waals surface area (Å²) >= 11 is 11.1. The predicted molar refractivity (Wildman–Crippen MR) is 63.6 cm³/mol. The van der Waals surface area contributed by atoms with Crippen LogP contribution < -0.4 is 4.74 Å². The summed E-state index contributed by atoms with van der Waals surface area (Å²) in [4.78, 5) is 6.65. The molecule has 100 valence electrons. The number of ether oxygens (including phenoxy) is 1. The Morgan fingerprint density at radius 3 is 2.21 bits per heavy atom. The molecule has 0 amide bonds. The Labute approximate surface area is 116 Å². The number of hydrogen-bond acceptors (Lipinski definition) is 3. The van der Waals surface area contributed by atoms with Gasteiger partial charge in [0.25, 0.3) is 0 Å². The van der Waals surface area contributed by atoms with Crippen molar-refractivity contribution in [1.29, 1.82) is 0 Å². The van der Waals surface area contributed by atoms with Gasteiger partial charge in [-0.2, -0.15) is 18.2 Å². The predicted octanol–water partition coefficient (Wildman–Crippen LogP) is 4.59. The van der Waals surface area contributed by atoms with E-state index >= 15 is 0 Å². The van der Waals surface area contributed by atoms with Crippen LogP contribution in [0.2, 0.25) is 10.3 Å². The molecule has 0 bridgehead atoms. The standard InChI is InChI=1S/C11H5Cl2F3N2O/c12-6-1-3-7(4-2-6)19-9-5-8(11(14,15)16)17-10(13)18-9/h1-5H. The van der Waals surface area contributed by atoms with Crippen molar-refractivity contribution >= 4 is 23.2 Å². The molecule has 8 heteroatoms. The molecule has 0 fully saturated rings. The van der Waals surface area contributed by atoms with Gasteiger partial charge in [0.15, 0.2) is 5.69 Å². The van der Waals surface area contributed by atoms with Crippen LogP contribution in [0.3, 0.4) is 0 Å². The second-order valence-electron chi connectivity index (χ2n) is 3.41. The number of benzene rings is 1. The zero-order valence-electron chi connectivity index (χ0n) is 9.08. The Morgan fingerprint density at radius 1 is 1.00 bits per heavy atom. The van der Waals surface area contributed by atoms with Crippen LogP contribution in [0.25, 0.3) is 0 Å². The molecule has 0 N–H and O–H groups in total. The van der Waals surface area contributed by atoms with Gasteiger partial charge in [0.2, 0.25) is 11.2 Å². The van der Waals surface area contributed by atoms with E-state index in [0.717, 1.165) is 0 Å². The van der Waals surface area contributed by atoms with Crippen molar-refractivity contribution in [2.75, 3.05) is 0 Å². The largest absolute Gasteiger partial charge is 0.439 e. The molecule has 2 aromatic rings. The van der Waals surface area contributed by atoms with E-state index in [1.807, 2.05) is 0 Å². The summed E-state index contributed by atoms with van der Waals surface area (Å²) in [6.07, 6.45) is -4.62. The number of rotatable bonds is 2. The molecule has 3 nitrogen and oxygen atoms in total. The van der Waals surface area contributed by atoms with Crippen molar-refractivity contribution < 1.29 is 17.9 Å². The summed E-state index contributed by atoms with van der Waals surface area (Å²) in [6.45, 7) is 0. The number of nitrogens with zero attached hydrogens (tertiary/aromatic N) is 2. The number of halogens is 5. The summed E-state index contributed by atoms with van der Waals surface area (Å²) < 4.78 is 42.7. The molecule has 0 atom stereocenters. The second kappa shape index (κ2) is 5.22. The quantitative estimate of drug-likeness (QED) is 0.761. The van der Waals surface area contributed by atoms with Gasteiger partial charge in [0, 0.05) is 11.1 Å². The summed E-state index contributed by atoms with van der Waals surface area (Å²) in [5.41, 5.74) is -1.17. The molecule has 0 unspecified atom stereocenters. The van der Waals surface area contributed by atoms with Crippen molar-refractivity contribution in [1.82, 2.24) is 9.97 Å². The van der Waals surface area contributed by atoms with E-state index < -0.39 is 17.2 Å². The molecule has 0 aliphatic heterocycles. The molecular formula is C11H5Cl2F3N2O. The Hall–Kier alpha value is -1.53. The lowest BCUT2D eigenvalue weighted by Gasteiger charge is -2.09. The zero-order chi connectivity index (χ0) is 14.0. The molecule has 2 rings (SSSR count). The fourth-order valence-corrected chi connectivity index (χ4v) is 1.52. The van der Waals surface area contributed by atoms with Gasteiger partial charge in [-0.15, -0.1) is 0 Å². The minimum Gasteiger partial charge on any atom is -0.439 e. The topological polar surface area (TPSA) is 35.0 Å². The normalized spacial score (nSPS) is 11.4. The number of hydrogen-bond donors (Lipinski definition) is 0. The van der Waals surface area contributed by atoms with Gasteiger partial charge in [-0.05, 0) is 35.9 Å². The first-order valence-electron chi connectivity index (χ1n) is 4.90. The van der Waals surface area contributed by atoms with E-state index in [4.69, 9.17) is 27.9 Å². The highest BCUT2D eigenvalue weighted by Gasteiger charge is 2.33. The zero-order valence-corrected chi connectivity index (χ0v) is 10.6. The molecule has 0 saturated heterocycles. The first kappa shape index (κ1) is 13.9. The van der Waals surface area contributed by atoms with Crippen molar-refractivity contribution in [3.63, 3.8) is 0 Å². The average Bonchev–Trinajstić information content (AvgIpc) is 2.30. The summed E-state index contributed by atoms with van der Waals surface area (Å²) in [5, 5.41) is -0.0668. The summed E-state index contributed by atoms with van der Waals surface area (Å²) in [7, 11) is 0. The highest BCUT2D eigenvalue weighted by atomic mass is 35.5. The third-order valence-electron chi connectivity index (χ3n) is 2.00. The molecule has 19 heavy (non-hydrogen) atoms. The molecule has 0 radical (unpaired) electrons. The highest BCUT2D eigenvalue weighted by Crippen LogP contribution is 2.31. The van der Waals surface area contributed by atoms with Gasteiger partial charge >= 0.3 is 6.18 Å². The fraction of sp³-hybridized carbons (Fsp3) is 0.0909. The maximum absolute atomic E-state index is 12.5. The van der Waals surface area contributed by atoms with Crippen molar-refractivity contribution in [3.8, 4) is 11.6 Å². The van der Waals surface area contributed by atoms with Crippen LogP contribution in [0.15, 0.2) is 30.3 Å². The molecule has 0 spiro atoms. The van der Waals surface area contributed by atoms with Gasteiger partial charge in [-0.25, -0.2) is 4.98 Å². The van der Waals surface area contributed by atoms with Crippen molar-refractivity contribution in [2.24, 2.45) is 0 Å². The monoisotopic (exact) mass is 308 g/mol. The fourth-order valence-electron chi connectivity index (χ4n) is 1.22. The first-order chi connectivity index (χ1) is 8.84. The third kappa shape index (κ3) is 3.71. The van der Waals surface area contributed by atoms with E-state index in [2.05, 4.69) is 9.97 Å². The minimum atomic E-state index is -4.62. The van der Waals surface area contributed by atoms with E-state index in [1.54, 1.807) is 0 Å². The maximum atomic E-state index is 12.5. The van der Waals surface area contributed by atoms with Gasteiger partial charge in [-0.3, -0.25) is 0 Å². The van der Waals surface area contributed by atoms with Crippen LogP contribution in [0.5, 0.6) is 11.6 Å². The Balaban J connectivity index is 2.30. The summed E-state index contributed by atoms with van der Waals surface area (Å²) in [5.74, 6) is -0.0121. The van der Waals surface area contributed by atoms with E-state index in [9.17, 15) is 13.2 Å². The lowest BCUT2D eigenvalue weighted by atomic mass is 10.3. The molecule has 1 aromatic heterocycles. The van der Waals surface area contributed by atoms with E-state index in [-0.39, 0.29) is 11.6 Å². The number of alkyl halides is 3. The molecule has 0 saturated carbocycles. The SMILES string of the molecule is FC(F)(F)c1cc(Oc2ccc(Cl)cc2)nc(Cl)n1. The van der Waals surface area contributed by atoms with Crippen LogP contribution >= 0.6 is 23.2 Å². The first-order valence-corrected chi connectivity index (χ1v) is 5.65.